The predicted octanol–water partition coefficient (Wildman–Crippen LogP) is 3.76. The van der Waals surface area contributed by atoms with Crippen LogP contribution in [0.1, 0.15) is 57.4 Å². The number of ether oxygens (including phenoxy) is 1. The maximum absolute atomic E-state index is 13.2. The van der Waals surface area contributed by atoms with Gasteiger partial charge in [0.2, 0.25) is 5.91 Å². The largest absolute Gasteiger partial charge is 0.469 e. The fourth-order valence-electron chi connectivity index (χ4n) is 4.76. The van der Waals surface area contributed by atoms with Crippen molar-refractivity contribution < 1.29 is 14.3 Å². The monoisotopic (exact) mass is 343 g/mol. The first-order valence-electron chi connectivity index (χ1n) is 9.47. The summed E-state index contributed by atoms with van der Waals surface area (Å²) in [7, 11) is 1.44. The smallest absolute Gasteiger partial charge is 0.308 e. The number of hydrogen-bond acceptors (Lipinski definition) is 3. The highest BCUT2D eigenvalue weighted by Gasteiger charge is 2.42. The molecule has 0 spiro atoms. The molecule has 1 saturated heterocycles. The maximum atomic E-state index is 13.2. The molecule has 1 saturated carbocycles. The quantitative estimate of drug-likeness (QED) is 0.785. The van der Waals surface area contributed by atoms with Crippen LogP contribution in [0.25, 0.3) is 0 Å². The Morgan fingerprint density at radius 3 is 2.20 bits per heavy atom. The lowest BCUT2D eigenvalue weighted by molar-refractivity contribution is -0.149. The molecule has 0 aromatic heterocycles. The van der Waals surface area contributed by atoms with Gasteiger partial charge in [0.1, 0.15) is 0 Å². The molecule has 2 aliphatic rings. The summed E-state index contributed by atoms with van der Waals surface area (Å²) in [4.78, 5) is 27.0. The van der Waals surface area contributed by atoms with Crippen LogP contribution in [0.15, 0.2) is 30.3 Å². The fraction of sp³-hybridized carbons (Fsp3) is 0.619. The first-order valence-corrected chi connectivity index (χ1v) is 9.47. The Morgan fingerprint density at radius 2 is 1.60 bits per heavy atom. The van der Waals surface area contributed by atoms with E-state index in [4.69, 9.17) is 4.74 Å². The zero-order valence-electron chi connectivity index (χ0n) is 15.5. The molecule has 4 heteroatoms. The van der Waals surface area contributed by atoms with E-state index in [2.05, 4.69) is 43.0 Å². The minimum atomic E-state index is -0.127. The van der Waals surface area contributed by atoms with Crippen LogP contribution in [0.2, 0.25) is 0 Å². The molecule has 1 amide bonds. The summed E-state index contributed by atoms with van der Waals surface area (Å²) in [6, 6.07) is 11.0. The van der Waals surface area contributed by atoms with Crippen molar-refractivity contribution in [2.45, 2.75) is 64.0 Å². The molecule has 1 aliphatic heterocycles. The summed E-state index contributed by atoms with van der Waals surface area (Å²) in [6.07, 6.45) is 4.15. The third-order valence-electron chi connectivity index (χ3n) is 6.18. The SMILES string of the molecule is COC(=O)C1CCC(C(=O)N2[C@H](C)C[C@@H](c3ccccc3)[C@@H]2C)CC1. The second kappa shape index (κ2) is 7.59. The molecule has 0 radical (unpaired) electrons. The normalized spacial score (nSPS) is 32.4. The Bertz CT molecular complexity index is 607. The average molecular weight is 343 g/mol. The summed E-state index contributed by atoms with van der Waals surface area (Å²) < 4.78 is 4.85. The zero-order chi connectivity index (χ0) is 18.0. The summed E-state index contributed by atoms with van der Waals surface area (Å²) >= 11 is 0. The molecule has 0 N–H and O–H groups in total. The van der Waals surface area contributed by atoms with E-state index in [-0.39, 0.29) is 35.8 Å². The van der Waals surface area contributed by atoms with Crippen LogP contribution in [0.5, 0.6) is 0 Å². The number of esters is 1. The van der Waals surface area contributed by atoms with E-state index in [1.807, 2.05) is 6.07 Å². The van der Waals surface area contributed by atoms with Gasteiger partial charge in [-0.05, 0) is 51.5 Å². The Kier molecular flexibility index (Phi) is 5.45. The van der Waals surface area contributed by atoms with Gasteiger partial charge in [0.15, 0.2) is 0 Å². The number of nitrogens with zero attached hydrogens (tertiary/aromatic N) is 1. The predicted molar refractivity (Wildman–Crippen MR) is 97.0 cm³/mol. The first-order chi connectivity index (χ1) is 12.0. The first kappa shape index (κ1) is 18.0. The van der Waals surface area contributed by atoms with Gasteiger partial charge in [0.25, 0.3) is 0 Å². The number of carbonyl (C=O) groups is 2. The highest BCUT2D eigenvalue weighted by molar-refractivity contribution is 5.80. The maximum Gasteiger partial charge on any atom is 0.308 e. The highest BCUT2D eigenvalue weighted by Crippen LogP contribution is 2.40. The van der Waals surface area contributed by atoms with Crippen molar-refractivity contribution in [2.75, 3.05) is 7.11 Å². The van der Waals surface area contributed by atoms with Gasteiger partial charge in [-0.1, -0.05) is 30.3 Å². The number of rotatable bonds is 3. The number of methoxy groups -OCH3 is 1. The number of hydrogen-bond donors (Lipinski definition) is 0. The van der Waals surface area contributed by atoms with Gasteiger partial charge < -0.3 is 9.64 Å². The molecule has 1 heterocycles. The number of likely N-dealkylation sites (tertiary alicyclic amines) is 1. The second-order valence-electron chi connectivity index (χ2n) is 7.66. The summed E-state index contributed by atoms with van der Waals surface area (Å²) in [6.45, 7) is 4.34. The molecule has 0 unspecified atom stereocenters. The summed E-state index contributed by atoms with van der Waals surface area (Å²) in [5, 5.41) is 0. The van der Waals surface area contributed by atoms with E-state index >= 15 is 0 Å². The van der Waals surface area contributed by atoms with Gasteiger partial charge in [-0.3, -0.25) is 9.59 Å². The van der Waals surface area contributed by atoms with Crippen LogP contribution in [-0.4, -0.2) is 36.0 Å². The Hall–Kier alpha value is -1.84. The minimum Gasteiger partial charge on any atom is -0.469 e. The van der Waals surface area contributed by atoms with E-state index in [1.54, 1.807) is 0 Å². The Morgan fingerprint density at radius 1 is 1.00 bits per heavy atom. The van der Waals surface area contributed by atoms with E-state index in [0.717, 1.165) is 32.1 Å². The van der Waals surface area contributed by atoms with Gasteiger partial charge in [-0.2, -0.15) is 0 Å². The van der Waals surface area contributed by atoms with Crippen LogP contribution >= 0.6 is 0 Å². The van der Waals surface area contributed by atoms with Gasteiger partial charge in [-0.15, -0.1) is 0 Å². The molecule has 3 atom stereocenters. The standard InChI is InChI=1S/C21H29NO3/c1-14-13-19(16-7-5-4-6-8-16)15(2)22(14)20(23)17-9-11-18(12-10-17)21(24)25-3/h4-8,14-15,17-19H,9-13H2,1-3H3/t14-,15+,17?,18?,19-/m1/s1. The summed E-state index contributed by atoms with van der Waals surface area (Å²) in [5.41, 5.74) is 1.33. The van der Waals surface area contributed by atoms with Gasteiger partial charge in [-0.25, -0.2) is 0 Å². The highest BCUT2D eigenvalue weighted by atomic mass is 16.5. The topological polar surface area (TPSA) is 46.6 Å². The average Bonchev–Trinajstić information content (AvgIpc) is 2.95. The zero-order valence-corrected chi connectivity index (χ0v) is 15.5. The molecule has 3 rings (SSSR count). The molecule has 1 aromatic carbocycles. The van der Waals surface area contributed by atoms with Crippen molar-refractivity contribution in [3.8, 4) is 0 Å². The van der Waals surface area contributed by atoms with Gasteiger partial charge >= 0.3 is 5.97 Å². The summed E-state index contributed by atoms with van der Waals surface area (Å²) in [5.74, 6) is 0.589. The minimum absolute atomic E-state index is 0.0282. The van der Waals surface area contributed by atoms with Gasteiger partial charge in [0, 0.05) is 23.9 Å². The molecule has 25 heavy (non-hydrogen) atoms. The van der Waals surface area contributed by atoms with Crippen molar-refractivity contribution in [3.05, 3.63) is 35.9 Å². The van der Waals surface area contributed by atoms with Crippen LogP contribution in [0.4, 0.5) is 0 Å². The molecular formula is C21H29NO3. The molecule has 4 nitrogen and oxygen atoms in total. The van der Waals surface area contributed by atoms with E-state index < -0.39 is 0 Å². The third kappa shape index (κ3) is 3.58. The van der Waals surface area contributed by atoms with Gasteiger partial charge in [0.05, 0.1) is 13.0 Å². The van der Waals surface area contributed by atoms with Crippen molar-refractivity contribution in [1.82, 2.24) is 4.90 Å². The van der Waals surface area contributed by atoms with Crippen LogP contribution < -0.4 is 0 Å². The molecule has 1 aromatic rings. The van der Waals surface area contributed by atoms with Crippen molar-refractivity contribution >= 4 is 11.9 Å². The van der Waals surface area contributed by atoms with Crippen LogP contribution in [0.3, 0.4) is 0 Å². The van der Waals surface area contributed by atoms with E-state index in [9.17, 15) is 9.59 Å². The van der Waals surface area contributed by atoms with Crippen LogP contribution in [-0.2, 0) is 14.3 Å². The van der Waals surface area contributed by atoms with Crippen molar-refractivity contribution in [3.63, 3.8) is 0 Å². The number of carbonyl (C=O) groups excluding carboxylic acids is 2. The lowest BCUT2D eigenvalue weighted by atomic mass is 9.81. The van der Waals surface area contributed by atoms with E-state index in [0.29, 0.717) is 5.92 Å². The molecule has 0 bridgehead atoms. The molecule has 136 valence electrons. The van der Waals surface area contributed by atoms with Crippen LogP contribution in [0, 0.1) is 11.8 Å². The number of benzene rings is 1. The van der Waals surface area contributed by atoms with Crippen molar-refractivity contribution in [1.29, 1.82) is 0 Å². The lowest BCUT2D eigenvalue weighted by Crippen LogP contribution is -2.44. The Balaban J connectivity index is 1.65. The molecule has 2 fully saturated rings. The van der Waals surface area contributed by atoms with E-state index in [1.165, 1.54) is 12.7 Å². The lowest BCUT2D eigenvalue weighted by Gasteiger charge is -2.34. The molecule has 1 aliphatic carbocycles. The third-order valence-corrected chi connectivity index (χ3v) is 6.18. The number of amides is 1. The molecular weight excluding hydrogens is 314 g/mol. The fourth-order valence-corrected chi connectivity index (χ4v) is 4.76. The van der Waals surface area contributed by atoms with Crippen molar-refractivity contribution in [2.24, 2.45) is 11.8 Å². The second-order valence-corrected chi connectivity index (χ2v) is 7.66. The Labute approximate surface area is 150 Å².